The quantitative estimate of drug-likeness (QED) is 0.524. The minimum atomic E-state index is -2.90. The molecule has 0 bridgehead atoms. The minimum absolute atomic E-state index is 0.0115. The maximum Gasteiger partial charge on any atom is 0.387 e. The predicted octanol–water partition coefficient (Wildman–Crippen LogP) is 3.54. The molecule has 0 aliphatic rings. The summed E-state index contributed by atoms with van der Waals surface area (Å²) in [4.78, 5) is 4.48. The molecule has 2 N–H and O–H groups in total. The minimum Gasteiger partial charge on any atom is -0.490 e. The van der Waals surface area contributed by atoms with Gasteiger partial charge in [-0.25, -0.2) is 4.99 Å². The van der Waals surface area contributed by atoms with Gasteiger partial charge in [-0.1, -0.05) is 6.07 Å². The Hall–Kier alpha value is -2.77. The molecule has 0 radical (unpaired) electrons. The fourth-order valence-corrected chi connectivity index (χ4v) is 2.21. The van der Waals surface area contributed by atoms with Crippen molar-refractivity contribution in [2.75, 3.05) is 13.2 Å². The third kappa shape index (κ3) is 6.27. The van der Waals surface area contributed by atoms with Gasteiger partial charge in [-0.2, -0.15) is 8.78 Å². The summed E-state index contributed by atoms with van der Waals surface area (Å²) >= 11 is 0. The summed E-state index contributed by atoms with van der Waals surface area (Å²) in [6.07, 6.45) is 1.61. The number of alkyl halides is 2. The zero-order valence-electron chi connectivity index (χ0n) is 14.8. The number of benzene rings is 1. The molecule has 0 spiro atoms. The van der Waals surface area contributed by atoms with Crippen LogP contribution in [0.15, 0.2) is 46.0 Å². The van der Waals surface area contributed by atoms with Crippen LogP contribution in [-0.2, 0) is 13.1 Å². The molecule has 0 atom stereocenters. The molecule has 1 aromatic heterocycles. The average molecular weight is 367 g/mol. The number of nitrogens with one attached hydrogen (secondary N) is 2. The highest BCUT2D eigenvalue weighted by Crippen LogP contribution is 2.30. The van der Waals surface area contributed by atoms with Crippen molar-refractivity contribution in [1.82, 2.24) is 10.6 Å². The SMILES string of the molecule is CCNC(=NCc1ccc(OC(F)F)c(OCC)c1)NCc1ccco1. The fourth-order valence-electron chi connectivity index (χ4n) is 2.21. The highest BCUT2D eigenvalue weighted by atomic mass is 19.3. The van der Waals surface area contributed by atoms with Crippen LogP contribution < -0.4 is 20.1 Å². The van der Waals surface area contributed by atoms with Crippen molar-refractivity contribution >= 4 is 5.96 Å². The van der Waals surface area contributed by atoms with Gasteiger partial charge in [0, 0.05) is 6.54 Å². The van der Waals surface area contributed by atoms with Crippen molar-refractivity contribution in [2.24, 2.45) is 4.99 Å². The molecule has 142 valence electrons. The lowest BCUT2D eigenvalue weighted by Gasteiger charge is -2.13. The first kappa shape index (κ1) is 19.6. The van der Waals surface area contributed by atoms with Crippen LogP contribution in [-0.4, -0.2) is 25.7 Å². The number of rotatable bonds is 9. The number of hydrogen-bond acceptors (Lipinski definition) is 4. The number of halogens is 2. The van der Waals surface area contributed by atoms with Crippen LogP contribution in [0.2, 0.25) is 0 Å². The predicted molar refractivity (Wildman–Crippen MR) is 94.6 cm³/mol. The van der Waals surface area contributed by atoms with Gasteiger partial charge >= 0.3 is 6.61 Å². The standard InChI is InChI=1S/C18H23F2N3O3/c1-3-21-18(23-12-14-6-5-9-25-14)22-11-13-7-8-15(26-17(19)20)16(10-13)24-4-2/h5-10,17H,3-4,11-12H2,1-2H3,(H2,21,22,23). The van der Waals surface area contributed by atoms with Gasteiger partial charge in [-0.3, -0.25) is 0 Å². The summed E-state index contributed by atoms with van der Waals surface area (Å²) in [6, 6.07) is 8.48. The highest BCUT2D eigenvalue weighted by molar-refractivity contribution is 5.79. The zero-order valence-corrected chi connectivity index (χ0v) is 14.8. The van der Waals surface area contributed by atoms with Gasteiger partial charge in [0.2, 0.25) is 0 Å². The van der Waals surface area contributed by atoms with E-state index in [-0.39, 0.29) is 11.5 Å². The van der Waals surface area contributed by atoms with E-state index >= 15 is 0 Å². The molecule has 6 nitrogen and oxygen atoms in total. The number of guanidine groups is 1. The van der Waals surface area contributed by atoms with Gasteiger partial charge in [0.1, 0.15) is 5.76 Å². The van der Waals surface area contributed by atoms with E-state index in [4.69, 9.17) is 9.15 Å². The van der Waals surface area contributed by atoms with Crippen LogP contribution in [0.4, 0.5) is 8.78 Å². The Morgan fingerprint density at radius 2 is 2.04 bits per heavy atom. The smallest absolute Gasteiger partial charge is 0.387 e. The first-order valence-electron chi connectivity index (χ1n) is 8.37. The van der Waals surface area contributed by atoms with Crippen LogP contribution >= 0.6 is 0 Å². The van der Waals surface area contributed by atoms with Gasteiger partial charge in [0.05, 0.1) is 26.0 Å². The third-order valence-corrected chi connectivity index (χ3v) is 3.30. The van der Waals surface area contributed by atoms with E-state index < -0.39 is 6.61 Å². The highest BCUT2D eigenvalue weighted by Gasteiger charge is 2.11. The molecule has 8 heteroatoms. The molecule has 0 aliphatic carbocycles. The molecule has 0 amide bonds. The third-order valence-electron chi connectivity index (χ3n) is 3.30. The van der Waals surface area contributed by atoms with Crippen molar-refractivity contribution in [3.05, 3.63) is 47.9 Å². The lowest BCUT2D eigenvalue weighted by Crippen LogP contribution is -2.36. The van der Waals surface area contributed by atoms with E-state index in [1.165, 1.54) is 6.07 Å². The Morgan fingerprint density at radius 3 is 2.69 bits per heavy atom. The molecule has 1 heterocycles. The lowest BCUT2D eigenvalue weighted by molar-refractivity contribution is -0.0514. The van der Waals surface area contributed by atoms with E-state index in [2.05, 4.69) is 20.4 Å². The first-order valence-corrected chi connectivity index (χ1v) is 8.37. The Bertz CT molecular complexity index is 691. The van der Waals surface area contributed by atoms with Gasteiger partial charge in [0.25, 0.3) is 0 Å². The van der Waals surface area contributed by atoms with Crippen molar-refractivity contribution in [3.8, 4) is 11.5 Å². The van der Waals surface area contributed by atoms with E-state index in [0.717, 1.165) is 11.3 Å². The van der Waals surface area contributed by atoms with Crippen molar-refractivity contribution in [3.63, 3.8) is 0 Å². The molecule has 26 heavy (non-hydrogen) atoms. The Kier molecular flexibility index (Phi) is 7.73. The number of hydrogen-bond donors (Lipinski definition) is 2. The van der Waals surface area contributed by atoms with E-state index in [0.29, 0.717) is 32.2 Å². The Labute approximate surface area is 151 Å². The molecule has 0 fully saturated rings. The Morgan fingerprint density at radius 1 is 1.19 bits per heavy atom. The molecule has 1 aromatic carbocycles. The summed E-state index contributed by atoms with van der Waals surface area (Å²) < 4.78 is 40.0. The second kappa shape index (κ2) is 10.3. The molecule has 0 saturated carbocycles. The van der Waals surface area contributed by atoms with Crippen molar-refractivity contribution in [2.45, 2.75) is 33.5 Å². The number of furan rings is 1. The second-order valence-corrected chi connectivity index (χ2v) is 5.22. The summed E-state index contributed by atoms with van der Waals surface area (Å²) in [5.74, 6) is 1.70. The zero-order chi connectivity index (χ0) is 18.8. The van der Waals surface area contributed by atoms with Crippen LogP contribution in [0.25, 0.3) is 0 Å². The molecule has 2 aromatic rings. The molecule has 0 aliphatic heterocycles. The summed E-state index contributed by atoms with van der Waals surface area (Å²) in [6.45, 7) is 2.75. The Balaban J connectivity index is 2.05. The van der Waals surface area contributed by atoms with Crippen LogP contribution in [0.5, 0.6) is 11.5 Å². The van der Waals surface area contributed by atoms with Crippen LogP contribution in [0.1, 0.15) is 25.2 Å². The van der Waals surface area contributed by atoms with Gasteiger partial charge in [-0.05, 0) is 43.7 Å². The molecule has 0 saturated heterocycles. The average Bonchev–Trinajstić information content (AvgIpc) is 3.13. The van der Waals surface area contributed by atoms with Crippen LogP contribution in [0.3, 0.4) is 0 Å². The maximum atomic E-state index is 12.5. The molecular formula is C18H23F2N3O3. The molecule has 0 unspecified atom stereocenters. The van der Waals surface area contributed by atoms with Crippen molar-refractivity contribution in [1.29, 1.82) is 0 Å². The number of ether oxygens (including phenoxy) is 2. The lowest BCUT2D eigenvalue weighted by atomic mass is 10.2. The summed E-state index contributed by atoms with van der Waals surface area (Å²) in [5, 5.41) is 6.30. The molecular weight excluding hydrogens is 344 g/mol. The van der Waals surface area contributed by atoms with E-state index in [1.54, 1.807) is 25.3 Å². The monoisotopic (exact) mass is 367 g/mol. The normalized spacial score (nSPS) is 11.5. The fraction of sp³-hybridized carbons (Fsp3) is 0.389. The van der Waals surface area contributed by atoms with E-state index in [9.17, 15) is 8.78 Å². The van der Waals surface area contributed by atoms with Gasteiger partial charge in [0.15, 0.2) is 17.5 Å². The van der Waals surface area contributed by atoms with E-state index in [1.807, 2.05) is 19.1 Å². The maximum absolute atomic E-state index is 12.5. The largest absolute Gasteiger partial charge is 0.490 e. The van der Waals surface area contributed by atoms with Gasteiger partial charge < -0.3 is 24.5 Å². The van der Waals surface area contributed by atoms with Crippen LogP contribution in [0, 0.1) is 0 Å². The first-order chi connectivity index (χ1) is 12.6. The van der Waals surface area contributed by atoms with Gasteiger partial charge in [-0.15, -0.1) is 0 Å². The van der Waals surface area contributed by atoms with Crippen molar-refractivity contribution < 1.29 is 22.7 Å². The number of nitrogens with zero attached hydrogens (tertiary/aromatic N) is 1. The second-order valence-electron chi connectivity index (χ2n) is 5.22. The number of aliphatic imine (C=N–C) groups is 1. The summed E-state index contributed by atoms with van der Waals surface area (Å²) in [5.41, 5.74) is 0.810. The topological polar surface area (TPSA) is 68.0 Å². The summed E-state index contributed by atoms with van der Waals surface area (Å²) in [7, 11) is 0. The molecule has 2 rings (SSSR count).